The second-order valence-corrected chi connectivity index (χ2v) is 8.89. The summed E-state index contributed by atoms with van der Waals surface area (Å²) in [6.07, 6.45) is -1.15. The average Bonchev–Trinajstić information content (AvgIpc) is 3.01. The number of carboxylic acid groups (broad SMARTS) is 1. The molecule has 0 aliphatic heterocycles. The lowest BCUT2D eigenvalue weighted by atomic mass is 10.1. The zero-order valence-electron chi connectivity index (χ0n) is 15.2. The molecule has 148 valence electrons. The van der Waals surface area contributed by atoms with E-state index in [0.717, 1.165) is 16.9 Å². The van der Waals surface area contributed by atoms with Crippen LogP contribution in [-0.4, -0.2) is 19.7 Å². The van der Waals surface area contributed by atoms with Gasteiger partial charge in [0.15, 0.2) is 0 Å². The first-order chi connectivity index (χ1) is 13.8. The molecule has 3 rings (SSSR count). The normalized spacial score (nSPS) is 10.9. The van der Waals surface area contributed by atoms with Crippen molar-refractivity contribution in [3.8, 4) is 11.1 Å². The van der Waals surface area contributed by atoms with Crippen LogP contribution in [0.5, 0.6) is 5.06 Å². The number of aryl methyl sites for hydroxylation is 1. The minimum absolute atomic E-state index is 0.0482. The Morgan fingerprint density at radius 2 is 1.97 bits per heavy atom. The third kappa shape index (κ3) is 4.93. The number of carbonyl (C=O) groups is 1. The summed E-state index contributed by atoms with van der Waals surface area (Å²) in [6.45, 7) is 1.67. The number of nitrogens with one attached hydrogen (secondary N) is 1. The quantitative estimate of drug-likeness (QED) is 0.563. The number of nitriles is 1. The highest BCUT2D eigenvalue weighted by Crippen LogP contribution is 2.38. The van der Waals surface area contributed by atoms with E-state index in [2.05, 4.69) is 10.8 Å². The van der Waals surface area contributed by atoms with Crippen molar-refractivity contribution in [1.29, 1.82) is 5.26 Å². The monoisotopic (exact) mass is 428 g/mol. The van der Waals surface area contributed by atoms with Crippen LogP contribution >= 0.6 is 11.3 Å². The summed E-state index contributed by atoms with van der Waals surface area (Å²) in [5.74, 6) is 0. The van der Waals surface area contributed by atoms with Crippen molar-refractivity contribution in [2.45, 2.75) is 18.2 Å². The van der Waals surface area contributed by atoms with Gasteiger partial charge in [-0.05, 0) is 42.3 Å². The van der Waals surface area contributed by atoms with E-state index in [0.29, 0.717) is 22.4 Å². The molecule has 1 aromatic heterocycles. The Labute approximate surface area is 171 Å². The van der Waals surface area contributed by atoms with Crippen molar-refractivity contribution in [3.05, 3.63) is 76.2 Å². The molecule has 0 spiro atoms. The molecule has 9 heteroatoms. The SMILES string of the molecule is Cc1ccccc1S(=O)(=O)Nc1cc(Cc2cccc(C#N)c2)sc1OC(=O)O. The van der Waals surface area contributed by atoms with Gasteiger partial charge >= 0.3 is 6.16 Å². The van der Waals surface area contributed by atoms with E-state index < -0.39 is 16.2 Å². The fourth-order valence-electron chi connectivity index (χ4n) is 2.75. The van der Waals surface area contributed by atoms with Crippen LogP contribution in [0.3, 0.4) is 0 Å². The molecule has 0 aliphatic carbocycles. The van der Waals surface area contributed by atoms with E-state index >= 15 is 0 Å². The van der Waals surface area contributed by atoms with E-state index in [1.54, 1.807) is 43.3 Å². The lowest BCUT2D eigenvalue weighted by Gasteiger charge is -2.10. The van der Waals surface area contributed by atoms with Gasteiger partial charge in [-0.25, -0.2) is 13.2 Å². The summed E-state index contributed by atoms with van der Waals surface area (Å²) >= 11 is 1.02. The number of sulfonamides is 1. The number of anilines is 1. The topological polar surface area (TPSA) is 116 Å². The molecule has 29 heavy (non-hydrogen) atoms. The zero-order chi connectivity index (χ0) is 21.0. The molecule has 3 aromatic rings. The van der Waals surface area contributed by atoms with Crippen LogP contribution in [-0.2, 0) is 16.4 Å². The van der Waals surface area contributed by atoms with Crippen molar-refractivity contribution >= 4 is 33.2 Å². The molecule has 0 aliphatic rings. The summed E-state index contributed by atoms with van der Waals surface area (Å²) in [6, 6.07) is 17.0. The van der Waals surface area contributed by atoms with Crippen molar-refractivity contribution in [2.24, 2.45) is 0 Å². The fraction of sp³-hybridized carbons (Fsp3) is 0.100. The lowest BCUT2D eigenvalue weighted by molar-refractivity contribution is 0.146. The summed E-state index contributed by atoms with van der Waals surface area (Å²) in [7, 11) is -3.93. The number of hydrogen-bond donors (Lipinski definition) is 2. The molecule has 0 saturated heterocycles. The number of thiophene rings is 1. The van der Waals surface area contributed by atoms with Crippen molar-refractivity contribution < 1.29 is 23.1 Å². The average molecular weight is 428 g/mol. The van der Waals surface area contributed by atoms with Crippen molar-refractivity contribution in [3.63, 3.8) is 0 Å². The third-order valence-corrected chi connectivity index (χ3v) is 6.53. The highest BCUT2D eigenvalue weighted by molar-refractivity contribution is 7.92. The Morgan fingerprint density at radius 1 is 1.21 bits per heavy atom. The summed E-state index contributed by atoms with van der Waals surface area (Å²) < 4.78 is 32.7. The Hall–Kier alpha value is -3.35. The van der Waals surface area contributed by atoms with Crippen LogP contribution in [0, 0.1) is 18.3 Å². The number of hydrogen-bond acceptors (Lipinski definition) is 6. The van der Waals surface area contributed by atoms with Crippen molar-refractivity contribution in [2.75, 3.05) is 4.72 Å². The summed E-state index contributed by atoms with van der Waals surface area (Å²) in [5, 5.41) is 17.9. The third-order valence-electron chi connectivity index (χ3n) is 3.99. The fourth-order valence-corrected chi connectivity index (χ4v) is 5.10. The second kappa shape index (κ2) is 8.34. The predicted octanol–water partition coefficient (Wildman–Crippen LogP) is 4.38. The van der Waals surface area contributed by atoms with E-state index in [4.69, 9.17) is 15.1 Å². The zero-order valence-corrected chi connectivity index (χ0v) is 16.9. The van der Waals surface area contributed by atoms with Gasteiger partial charge in [-0.1, -0.05) is 30.3 Å². The number of nitrogens with zero attached hydrogens (tertiary/aromatic N) is 1. The van der Waals surface area contributed by atoms with E-state index in [9.17, 15) is 13.2 Å². The first kappa shape index (κ1) is 20.4. The molecular formula is C20H16N2O5S2. The van der Waals surface area contributed by atoms with Gasteiger partial charge in [0.25, 0.3) is 10.0 Å². The summed E-state index contributed by atoms with van der Waals surface area (Å²) in [4.78, 5) is 11.8. The van der Waals surface area contributed by atoms with Gasteiger partial charge in [-0.15, -0.1) is 11.3 Å². The van der Waals surface area contributed by atoms with Crippen LogP contribution in [0.2, 0.25) is 0 Å². The van der Waals surface area contributed by atoms with Crippen LogP contribution < -0.4 is 9.46 Å². The number of ether oxygens (including phenoxy) is 1. The van der Waals surface area contributed by atoms with E-state index in [-0.39, 0.29) is 15.6 Å². The Morgan fingerprint density at radius 3 is 2.66 bits per heavy atom. The molecule has 0 bridgehead atoms. The largest absolute Gasteiger partial charge is 0.512 e. The second-order valence-electron chi connectivity index (χ2n) is 6.14. The maximum Gasteiger partial charge on any atom is 0.512 e. The first-order valence-corrected chi connectivity index (χ1v) is 10.7. The smallest absolute Gasteiger partial charge is 0.449 e. The van der Waals surface area contributed by atoms with Gasteiger partial charge < -0.3 is 9.84 Å². The van der Waals surface area contributed by atoms with Crippen LogP contribution in [0.15, 0.2) is 59.5 Å². The minimum Gasteiger partial charge on any atom is -0.449 e. The van der Waals surface area contributed by atoms with Gasteiger partial charge in [-0.2, -0.15) is 5.26 Å². The van der Waals surface area contributed by atoms with Gasteiger partial charge in [-0.3, -0.25) is 4.72 Å². The standard InChI is InChI=1S/C20H16N2O5S2/c1-13-5-2-3-8-18(13)29(25,26)22-17-11-16(28-19(17)27-20(23)24)10-14-6-4-7-15(9-14)12-21/h2-9,11,22H,10H2,1H3,(H,23,24). The Balaban J connectivity index is 1.94. The van der Waals surface area contributed by atoms with E-state index in [1.165, 1.54) is 12.1 Å². The van der Waals surface area contributed by atoms with Gasteiger partial charge in [0.05, 0.1) is 16.5 Å². The Bertz CT molecular complexity index is 1210. The summed E-state index contributed by atoms with van der Waals surface area (Å²) in [5.41, 5.74) is 1.94. The molecule has 0 unspecified atom stereocenters. The van der Waals surface area contributed by atoms with Crippen molar-refractivity contribution in [1.82, 2.24) is 0 Å². The molecule has 0 saturated carbocycles. The molecule has 1 heterocycles. The molecule has 7 nitrogen and oxygen atoms in total. The first-order valence-electron chi connectivity index (χ1n) is 8.39. The van der Waals surface area contributed by atoms with Crippen LogP contribution in [0.25, 0.3) is 0 Å². The van der Waals surface area contributed by atoms with Gasteiger partial charge in [0, 0.05) is 11.3 Å². The molecule has 0 atom stereocenters. The maximum absolute atomic E-state index is 12.8. The highest BCUT2D eigenvalue weighted by atomic mass is 32.2. The van der Waals surface area contributed by atoms with Crippen LogP contribution in [0.1, 0.15) is 21.6 Å². The molecule has 0 radical (unpaired) electrons. The number of benzene rings is 2. The van der Waals surface area contributed by atoms with Gasteiger partial charge in [0.1, 0.15) is 5.69 Å². The minimum atomic E-state index is -3.93. The Kier molecular flexibility index (Phi) is 5.87. The molecule has 0 fully saturated rings. The number of rotatable bonds is 6. The molecule has 2 N–H and O–H groups in total. The maximum atomic E-state index is 12.8. The molecule has 2 aromatic carbocycles. The van der Waals surface area contributed by atoms with Crippen LogP contribution in [0.4, 0.5) is 10.5 Å². The highest BCUT2D eigenvalue weighted by Gasteiger charge is 2.22. The lowest BCUT2D eigenvalue weighted by Crippen LogP contribution is -2.15. The van der Waals surface area contributed by atoms with Gasteiger partial charge in [0.2, 0.25) is 5.06 Å². The van der Waals surface area contributed by atoms with E-state index in [1.807, 2.05) is 6.07 Å². The molecular weight excluding hydrogens is 412 g/mol. The predicted molar refractivity (Wildman–Crippen MR) is 109 cm³/mol. The molecule has 0 amide bonds.